The number of aryl methyl sites for hydroxylation is 1. The predicted molar refractivity (Wildman–Crippen MR) is 124 cm³/mol. The molecule has 4 heterocycles. The summed E-state index contributed by atoms with van der Waals surface area (Å²) in [6, 6.07) is 17.0. The van der Waals surface area contributed by atoms with Gasteiger partial charge in [0.2, 0.25) is 6.79 Å². The third-order valence-electron chi connectivity index (χ3n) is 5.32. The van der Waals surface area contributed by atoms with E-state index in [1.165, 1.54) is 11.3 Å². The SMILES string of the molecule is Cc1noc2nc(-c3ccccc3)cc(C(=O)Nc3nc(-c4ccc5c(c4)OCO5)cs3)c12. The van der Waals surface area contributed by atoms with Crippen molar-refractivity contribution in [3.63, 3.8) is 0 Å². The van der Waals surface area contributed by atoms with E-state index in [2.05, 4.69) is 20.4 Å². The van der Waals surface area contributed by atoms with Crippen LogP contribution in [0.1, 0.15) is 16.1 Å². The summed E-state index contributed by atoms with van der Waals surface area (Å²) in [4.78, 5) is 22.4. The van der Waals surface area contributed by atoms with Crippen LogP contribution >= 0.6 is 11.3 Å². The van der Waals surface area contributed by atoms with Crippen LogP contribution in [-0.4, -0.2) is 27.8 Å². The van der Waals surface area contributed by atoms with Crippen molar-refractivity contribution in [2.24, 2.45) is 0 Å². The van der Waals surface area contributed by atoms with Gasteiger partial charge in [-0.05, 0) is 31.2 Å². The van der Waals surface area contributed by atoms with Crippen molar-refractivity contribution in [3.05, 3.63) is 71.2 Å². The molecule has 9 heteroatoms. The Labute approximate surface area is 191 Å². The van der Waals surface area contributed by atoms with Gasteiger partial charge in [-0.3, -0.25) is 10.1 Å². The maximum Gasteiger partial charge on any atom is 0.259 e. The molecule has 8 nitrogen and oxygen atoms in total. The Hall–Kier alpha value is -4.24. The van der Waals surface area contributed by atoms with Crippen molar-refractivity contribution in [3.8, 4) is 34.0 Å². The number of hydrogen-bond donors (Lipinski definition) is 1. The fraction of sp³-hybridized carbons (Fsp3) is 0.0833. The van der Waals surface area contributed by atoms with Crippen molar-refractivity contribution in [2.45, 2.75) is 6.92 Å². The van der Waals surface area contributed by atoms with Crippen molar-refractivity contribution in [1.82, 2.24) is 15.1 Å². The minimum Gasteiger partial charge on any atom is -0.454 e. The third kappa shape index (κ3) is 3.48. The maximum absolute atomic E-state index is 13.3. The zero-order chi connectivity index (χ0) is 22.4. The second-order valence-corrected chi connectivity index (χ2v) is 8.29. The van der Waals surface area contributed by atoms with Crippen LogP contribution in [0.25, 0.3) is 33.6 Å². The number of rotatable bonds is 4. The van der Waals surface area contributed by atoms with Crippen LogP contribution in [0.4, 0.5) is 5.13 Å². The Kier molecular flexibility index (Phi) is 4.55. The summed E-state index contributed by atoms with van der Waals surface area (Å²) in [7, 11) is 0. The number of hydrogen-bond acceptors (Lipinski definition) is 8. The first-order valence-corrected chi connectivity index (χ1v) is 11.0. The van der Waals surface area contributed by atoms with Crippen LogP contribution < -0.4 is 14.8 Å². The molecule has 0 radical (unpaired) electrons. The van der Waals surface area contributed by atoms with Crippen LogP contribution in [0.3, 0.4) is 0 Å². The Morgan fingerprint density at radius 1 is 0.970 bits per heavy atom. The van der Waals surface area contributed by atoms with E-state index in [1.54, 1.807) is 13.0 Å². The molecule has 0 bridgehead atoms. The summed E-state index contributed by atoms with van der Waals surface area (Å²) in [5, 5.41) is 9.85. The van der Waals surface area contributed by atoms with Crippen LogP contribution in [0.15, 0.2) is 64.5 Å². The quantitative estimate of drug-likeness (QED) is 0.392. The molecule has 1 N–H and O–H groups in total. The van der Waals surface area contributed by atoms with Crippen molar-refractivity contribution in [1.29, 1.82) is 0 Å². The number of aromatic nitrogens is 3. The van der Waals surface area contributed by atoms with E-state index >= 15 is 0 Å². The molecule has 0 unspecified atom stereocenters. The van der Waals surface area contributed by atoms with Gasteiger partial charge < -0.3 is 14.0 Å². The van der Waals surface area contributed by atoms with Gasteiger partial charge >= 0.3 is 0 Å². The highest BCUT2D eigenvalue weighted by Gasteiger charge is 2.21. The summed E-state index contributed by atoms with van der Waals surface area (Å²) in [6.45, 7) is 2.00. The molecular weight excluding hydrogens is 440 g/mol. The van der Waals surface area contributed by atoms with Crippen molar-refractivity contribution >= 4 is 33.5 Å². The van der Waals surface area contributed by atoms with Crippen LogP contribution in [-0.2, 0) is 0 Å². The lowest BCUT2D eigenvalue weighted by Gasteiger charge is -2.07. The van der Waals surface area contributed by atoms with Gasteiger partial charge in [0.15, 0.2) is 16.6 Å². The van der Waals surface area contributed by atoms with E-state index in [0.29, 0.717) is 44.7 Å². The normalized spacial score (nSPS) is 12.3. The number of carbonyl (C=O) groups is 1. The average molecular weight is 456 g/mol. The number of thiazole rings is 1. The summed E-state index contributed by atoms with van der Waals surface area (Å²) in [6.07, 6.45) is 0. The number of fused-ring (bicyclic) bond motifs is 2. The molecule has 6 rings (SSSR count). The Morgan fingerprint density at radius 2 is 1.82 bits per heavy atom. The molecule has 0 spiro atoms. The highest BCUT2D eigenvalue weighted by Crippen LogP contribution is 2.37. The summed E-state index contributed by atoms with van der Waals surface area (Å²) in [5.41, 5.74) is 4.47. The monoisotopic (exact) mass is 456 g/mol. The number of ether oxygens (including phenoxy) is 2. The molecular formula is C24H16N4O4S. The number of nitrogens with zero attached hydrogens (tertiary/aromatic N) is 3. The van der Waals surface area contributed by atoms with Gasteiger partial charge in [-0.2, -0.15) is 0 Å². The van der Waals surface area contributed by atoms with Crippen LogP contribution in [0, 0.1) is 6.92 Å². The minimum absolute atomic E-state index is 0.213. The van der Waals surface area contributed by atoms with E-state index < -0.39 is 0 Å². The molecule has 3 aromatic heterocycles. The van der Waals surface area contributed by atoms with Crippen LogP contribution in [0.5, 0.6) is 11.5 Å². The molecule has 1 amide bonds. The molecule has 0 fully saturated rings. The van der Waals surface area contributed by atoms with Crippen LogP contribution in [0.2, 0.25) is 0 Å². The number of pyridine rings is 1. The molecule has 33 heavy (non-hydrogen) atoms. The number of amides is 1. The molecule has 2 aromatic carbocycles. The molecule has 5 aromatic rings. The van der Waals surface area contributed by atoms with Gasteiger partial charge in [-0.1, -0.05) is 35.5 Å². The number of carbonyl (C=O) groups excluding carboxylic acids is 1. The van der Waals surface area contributed by atoms with Gasteiger partial charge in [0.05, 0.1) is 28.0 Å². The average Bonchev–Trinajstić information content (AvgIpc) is 3.59. The molecule has 0 aliphatic carbocycles. The van der Waals surface area contributed by atoms with Gasteiger partial charge in [0.1, 0.15) is 0 Å². The lowest BCUT2D eigenvalue weighted by molar-refractivity contribution is 0.102. The van der Waals surface area contributed by atoms with E-state index in [1.807, 2.05) is 53.9 Å². The Morgan fingerprint density at radius 3 is 2.70 bits per heavy atom. The van der Waals surface area contributed by atoms with Gasteiger partial charge in [0, 0.05) is 16.5 Å². The summed E-state index contributed by atoms with van der Waals surface area (Å²) < 4.78 is 16.2. The molecule has 0 saturated carbocycles. The summed E-state index contributed by atoms with van der Waals surface area (Å²) in [5.74, 6) is 1.08. The lowest BCUT2D eigenvalue weighted by Crippen LogP contribution is -2.13. The zero-order valence-electron chi connectivity index (χ0n) is 17.4. The zero-order valence-corrected chi connectivity index (χ0v) is 18.2. The number of benzene rings is 2. The summed E-state index contributed by atoms with van der Waals surface area (Å²) >= 11 is 1.34. The van der Waals surface area contributed by atoms with E-state index in [9.17, 15) is 4.79 Å². The first kappa shape index (κ1) is 19.4. The standard InChI is InChI=1S/C24H16N4O4S/c1-13-21-16(10-17(25-23(21)32-28-13)14-5-3-2-4-6-14)22(29)27-24-26-18(11-33-24)15-7-8-19-20(9-15)31-12-30-19/h2-11H,12H2,1H3,(H,26,27,29). The third-order valence-corrected chi connectivity index (χ3v) is 6.08. The van der Waals surface area contributed by atoms with Gasteiger partial charge in [0.25, 0.3) is 11.6 Å². The van der Waals surface area contributed by atoms with E-state index in [4.69, 9.17) is 14.0 Å². The second-order valence-electron chi connectivity index (χ2n) is 7.43. The van der Waals surface area contributed by atoms with E-state index in [-0.39, 0.29) is 12.7 Å². The molecule has 1 aliphatic heterocycles. The number of anilines is 1. The first-order chi connectivity index (χ1) is 16.2. The minimum atomic E-state index is -0.308. The molecule has 1 aliphatic rings. The first-order valence-electron chi connectivity index (χ1n) is 10.1. The topological polar surface area (TPSA) is 99.4 Å². The lowest BCUT2D eigenvalue weighted by atomic mass is 10.1. The largest absolute Gasteiger partial charge is 0.454 e. The van der Waals surface area contributed by atoms with E-state index in [0.717, 1.165) is 16.8 Å². The molecule has 162 valence electrons. The molecule has 0 saturated heterocycles. The maximum atomic E-state index is 13.3. The Bertz CT molecular complexity index is 1510. The highest BCUT2D eigenvalue weighted by molar-refractivity contribution is 7.14. The highest BCUT2D eigenvalue weighted by atomic mass is 32.1. The number of nitrogens with one attached hydrogen (secondary N) is 1. The van der Waals surface area contributed by atoms with Crippen molar-refractivity contribution < 1.29 is 18.8 Å². The second kappa shape index (κ2) is 7.72. The van der Waals surface area contributed by atoms with Gasteiger partial charge in [-0.25, -0.2) is 9.97 Å². The smallest absolute Gasteiger partial charge is 0.259 e. The predicted octanol–water partition coefficient (Wildman–Crippen LogP) is 5.30. The Balaban J connectivity index is 1.33. The fourth-order valence-corrected chi connectivity index (χ4v) is 4.43. The fourth-order valence-electron chi connectivity index (χ4n) is 3.71. The molecule has 0 atom stereocenters. The van der Waals surface area contributed by atoms with Gasteiger partial charge in [-0.15, -0.1) is 11.3 Å². The van der Waals surface area contributed by atoms with Crippen molar-refractivity contribution in [2.75, 3.05) is 12.1 Å².